The van der Waals surface area contributed by atoms with Crippen LogP contribution < -0.4 is 5.32 Å². The van der Waals surface area contributed by atoms with E-state index in [1.165, 1.54) is 22.7 Å². The summed E-state index contributed by atoms with van der Waals surface area (Å²) in [6.45, 7) is 3.03. The Hall–Kier alpha value is -4.29. The highest BCUT2D eigenvalue weighted by Crippen LogP contribution is 2.36. The smallest absolute Gasteiger partial charge is 0.257 e. The van der Waals surface area contributed by atoms with Gasteiger partial charge in [-0.1, -0.05) is 90.6 Å². The molecule has 0 radical (unpaired) electrons. The second-order valence-electron chi connectivity index (χ2n) is 8.72. The number of anilines is 1. The molecule has 0 saturated carbocycles. The van der Waals surface area contributed by atoms with Crippen LogP contribution in [-0.4, -0.2) is 21.2 Å². The van der Waals surface area contributed by atoms with Gasteiger partial charge in [-0.2, -0.15) is 0 Å². The molecule has 0 aliphatic carbocycles. The number of hydrogen-bond donors (Lipinski definition) is 1. The molecule has 4 aromatic carbocycles. The van der Waals surface area contributed by atoms with E-state index in [9.17, 15) is 4.79 Å². The third-order valence-corrected chi connectivity index (χ3v) is 7.22. The monoisotopic (exact) mass is 503 g/mol. The maximum absolute atomic E-state index is 12.9. The molecule has 6 heteroatoms. The fourth-order valence-electron chi connectivity index (χ4n) is 4.74. The highest BCUT2D eigenvalue weighted by atomic mass is 32.2. The molecule has 0 unspecified atom stereocenters. The number of rotatable bonds is 7. The number of carbonyl (C=O) groups excluding carboxylic acids is 1. The Morgan fingerprint density at radius 2 is 1.51 bits per heavy atom. The quantitative estimate of drug-likeness (QED) is 0.225. The number of benzene rings is 4. The van der Waals surface area contributed by atoms with Crippen LogP contribution in [0.1, 0.15) is 6.92 Å². The number of aryl methyl sites for hydroxylation is 1. The van der Waals surface area contributed by atoms with Crippen molar-refractivity contribution in [1.82, 2.24) is 9.55 Å². The van der Waals surface area contributed by atoms with Gasteiger partial charge in [-0.05, 0) is 31.2 Å². The Bertz CT molecular complexity index is 1650. The van der Waals surface area contributed by atoms with Crippen molar-refractivity contribution in [3.05, 3.63) is 103 Å². The highest BCUT2D eigenvalue weighted by Gasteiger charge is 2.18. The normalized spacial score (nSPS) is 11.3. The van der Waals surface area contributed by atoms with Crippen molar-refractivity contribution < 1.29 is 9.21 Å². The number of para-hydroxylation sites is 1. The predicted molar refractivity (Wildman–Crippen MR) is 152 cm³/mol. The van der Waals surface area contributed by atoms with Gasteiger partial charge < -0.3 is 14.3 Å². The Kier molecular flexibility index (Phi) is 6.25. The van der Waals surface area contributed by atoms with Crippen molar-refractivity contribution in [3.8, 4) is 22.6 Å². The Labute approximate surface area is 219 Å². The number of thioether (sulfide) groups is 1. The molecule has 0 fully saturated rings. The minimum Gasteiger partial charge on any atom is -0.431 e. The van der Waals surface area contributed by atoms with E-state index in [-0.39, 0.29) is 11.7 Å². The molecule has 0 aliphatic heterocycles. The molecule has 6 aromatic rings. The molecule has 182 valence electrons. The van der Waals surface area contributed by atoms with Gasteiger partial charge in [0.25, 0.3) is 5.22 Å². The van der Waals surface area contributed by atoms with E-state index >= 15 is 0 Å². The van der Waals surface area contributed by atoms with Crippen molar-refractivity contribution in [2.24, 2.45) is 0 Å². The summed E-state index contributed by atoms with van der Waals surface area (Å²) < 4.78 is 8.44. The molecule has 0 saturated heterocycles. The largest absolute Gasteiger partial charge is 0.431 e. The summed E-state index contributed by atoms with van der Waals surface area (Å²) in [5.74, 6) is 0.786. The minimum absolute atomic E-state index is 0.107. The van der Waals surface area contributed by atoms with Crippen LogP contribution in [0.15, 0.2) is 113 Å². The maximum Gasteiger partial charge on any atom is 0.257 e. The van der Waals surface area contributed by atoms with Gasteiger partial charge in [-0.3, -0.25) is 4.79 Å². The molecule has 0 bridgehead atoms. The van der Waals surface area contributed by atoms with Crippen molar-refractivity contribution in [1.29, 1.82) is 0 Å². The first-order valence-corrected chi connectivity index (χ1v) is 13.2. The number of carbonyl (C=O) groups is 1. The average molecular weight is 504 g/mol. The van der Waals surface area contributed by atoms with E-state index in [1.54, 1.807) is 0 Å². The fraction of sp³-hybridized carbons (Fsp3) is 0.0968. The summed E-state index contributed by atoms with van der Waals surface area (Å²) in [5, 5.41) is 5.83. The number of amides is 1. The van der Waals surface area contributed by atoms with Gasteiger partial charge in [0.05, 0.1) is 5.75 Å². The Morgan fingerprint density at radius 3 is 2.27 bits per heavy atom. The van der Waals surface area contributed by atoms with Gasteiger partial charge in [-0.25, -0.2) is 4.98 Å². The topological polar surface area (TPSA) is 60.1 Å². The molecular formula is C31H25N3O2S. The van der Waals surface area contributed by atoms with Gasteiger partial charge in [0.1, 0.15) is 5.69 Å². The average Bonchev–Trinajstić information content (AvgIpc) is 3.52. The molecule has 6 rings (SSSR count). The summed E-state index contributed by atoms with van der Waals surface area (Å²) in [6.07, 6.45) is 0. The third kappa shape index (κ3) is 4.52. The van der Waals surface area contributed by atoms with Crippen LogP contribution in [-0.2, 0) is 11.3 Å². The zero-order chi connectivity index (χ0) is 25.2. The van der Waals surface area contributed by atoms with E-state index in [4.69, 9.17) is 9.40 Å². The molecule has 0 spiro atoms. The Morgan fingerprint density at radius 1 is 0.838 bits per heavy atom. The van der Waals surface area contributed by atoms with Crippen molar-refractivity contribution in [2.75, 3.05) is 11.1 Å². The molecule has 0 atom stereocenters. The molecule has 2 aromatic heterocycles. The van der Waals surface area contributed by atoms with E-state index in [0.29, 0.717) is 11.0 Å². The van der Waals surface area contributed by atoms with Crippen molar-refractivity contribution >= 4 is 45.2 Å². The molecule has 1 amide bonds. The van der Waals surface area contributed by atoms with Gasteiger partial charge in [0.15, 0.2) is 5.76 Å². The summed E-state index contributed by atoms with van der Waals surface area (Å²) in [6, 6.07) is 34.3. The first kappa shape index (κ1) is 23.1. The zero-order valence-corrected chi connectivity index (χ0v) is 21.2. The second kappa shape index (κ2) is 9.99. The summed E-state index contributed by atoms with van der Waals surface area (Å²) in [4.78, 5) is 17.6. The van der Waals surface area contributed by atoms with Crippen LogP contribution in [0.25, 0.3) is 44.4 Å². The fourth-order valence-corrected chi connectivity index (χ4v) is 5.36. The number of oxazole rings is 1. The van der Waals surface area contributed by atoms with Crippen LogP contribution in [0.4, 0.5) is 5.69 Å². The van der Waals surface area contributed by atoms with Gasteiger partial charge in [0.2, 0.25) is 5.91 Å². The molecular weight excluding hydrogens is 478 g/mol. The SMILES string of the molecule is CCn1c2ccccc2c2cc(NC(=O)CSc3nc(-c4ccccc4)c(-c4ccccc4)o3)ccc21. The summed E-state index contributed by atoms with van der Waals surface area (Å²) >= 11 is 1.29. The Balaban J connectivity index is 1.22. The van der Waals surface area contributed by atoms with Crippen LogP contribution in [0.5, 0.6) is 0 Å². The maximum atomic E-state index is 12.9. The number of aromatic nitrogens is 2. The van der Waals surface area contributed by atoms with Crippen LogP contribution in [0.3, 0.4) is 0 Å². The van der Waals surface area contributed by atoms with Crippen molar-refractivity contribution in [2.45, 2.75) is 18.7 Å². The minimum atomic E-state index is -0.107. The molecule has 37 heavy (non-hydrogen) atoms. The van der Waals surface area contributed by atoms with E-state index < -0.39 is 0 Å². The molecule has 5 nitrogen and oxygen atoms in total. The first-order valence-electron chi connectivity index (χ1n) is 12.3. The lowest BCUT2D eigenvalue weighted by molar-refractivity contribution is -0.113. The van der Waals surface area contributed by atoms with Gasteiger partial charge >= 0.3 is 0 Å². The lowest BCUT2D eigenvalue weighted by Gasteiger charge is -2.06. The predicted octanol–water partition coefficient (Wildman–Crippen LogP) is 7.87. The number of hydrogen-bond acceptors (Lipinski definition) is 4. The van der Waals surface area contributed by atoms with E-state index in [0.717, 1.165) is 40.0 Å². The van der Waals surface area contributed by atoms with Gasteiger partial charge in [-0.15, -0.1) is 0 Å². The number of nitrogens with zero attached hydrogens (tertiary/aromatic N) is 2. The number of fused-ring (bicyclic) bond motifs is 3. The summed E-state index contributed by atoms with van der Waals surface area (Å²) in [5.41, 5.74) is 5.83. The first-order chi connectivity index (χ1) is 18.2. The van der Waals surface area contributed by atoms with E-state index in [1.807, 2.05) is 72.8 Å². The number of nitrogens with one attached hydrogen (secondary N) is 1. The van der Waals surface area contributed by atoms with E-state index in [2.05, 4.69) is 47.1 Å². The molecule has 1 N–H and O–H groups in total. The standard InChI is InChI=1S/C31H25N3O2S/c1-2-34-26-16-10-9-15-24(26)25-19-23(17-18-27(25)34)32-28(35)20-37-31-33-29(21-11-5-3-6-12-21)30(36-31)22-13-7-4-8-14-22/h3-19H,2,20H2,1H3,(H,32,35). The lowest BCUT2D eigenvalue weighted by atomic mass is 10.1. The molecule has 2 heterocycles. The zero-order valence-electron chi connectivity index (χ0n) is 20.3. The van der Waals surface area contributed by atoms with Crippen LogP contribution in [0, 0.1) is 0 Å². The lowest BCUT2D eigenvalue weighted by Crippen LogP contribution is -2.13. The van der Waals surface area contributed by atoms with Crippen molar-refractivity contribution in [3.63, 3.8) is 0 Å². The second-order valence-corrected chi connectivity index (χ2v) is 9.65. The van der Waals surface area contributed by atoms with Crippen LogP contribution >= 0.6 is 11.8 Å². The highest BCUT2D eigenvalue weighted by molar-refractivity contribution is 7.99. The third-order valence-electron chi connectivity index (χ3n) is 6.39. The van der Waals surface area contributed by atoms with Crippen LogP contribution in [0.2, 0.25) is 0 Å². The summed E-state index contributed by atoms with van der Waals surface area (Å²) in [7, 11) is 0. The van der Waals surface area contributed by atoms with Gasteiger partial charge in [0, 0.05) is 45.2 Å². The molecule has 0 aliphatic rings.